The third-order valence-corrected chi connectivity index (χ3v) is 19.4. The second-order valence-electron chi connectivity index (χ2n) is 27.4. The molecule has 0 saturated carbocycles. The maximum absolute atomic E-state index is 2.63. The van der Waals surface area contributed by atoms with E-state index in [0.717, 1.165) is 22.7 Å². The van der Waals surface area contributed by atoms with Gasteiger partial charge in [0.1, 0.15) is 0 Å². The van der Waals surface area contributed by atoms with E-state index in [-0.39, 0.29) is 23.0 Å². The van der Waals surface area contributed by atoms with E-state index in [1.54, 1.807) is 0 Å². The molecule has 4 nitrogen and oxygen atoms in total. The molecule has 12 aromatic rings. The van der Waals surface area contributed by atoms with E-state index in [1.165, 1.54) is 137 Å². The lowest BCUT2D eigenvalue weighted by Crippen LogP contribution is -2.61. The van der Waals surface area contributed by atoms with Crippen LogP contribution in [0.15, 0.2) is 200 Å². The van der Waals surface area contributed by atoms with E-state index in [1.807, 2.05) is 11.3 Å². The summed E-state index contributed by atoms with van der Waals surface area (Å²) in [7, 11) is 0. The van der Waals surface area contributed by atoms with Crippen molar-refractivity contribution in [2.45, 2.75) is 113 Å². The predicted molar refractivity (Wildman–Crippen MR) is 370 cm³/mol. The van der Waals surface area contributed by atoms with E-state index < -0.39 is 0 Å². The third kappa shape index (κ3) is 9.01. The molecule has 0 N–H and O–H groups in total. The largest absolute Gasteiger partial charge is 0.311 e. The van der Waals surface area contributed by atoms with Crippen LogP contribution in [-0.2, 0) is 16.2 Å². The Balaban J connectivity index is 1.06. The Morgan fingerprint density at radius 2 is 0.988 bits per heavy atom. The minimum absolute atomic E-state index is 0.0249. The summed E-state index contributed by atoms with van der Waals surface area (Å²) in [6.07, 6.45) is 0. The summed E-state index contributed by atoms with van der Waals surface area (Å²) in [5, 5.41) is 3.76. The minimum Gasteiger partial charge on any atom is -0.311 e. The molecule has 0 bridgehead atoms. The number of hydrogen-bond acceptors (Lipinski definition) is 4. The summed E-state index contributed by atoms with van der Waals surface area (Å²) in [5.41, 5.74) is 29.5. The number of nitrogens with zero attached hydrogens (tertiary/aromatic N) is 4. The minimum atomic E-state index is -0.0741. The van der Waals surface area contributed by atoms with Crippen molar-refractivity contribution >= 4 is 118 Å². The van der Waals surface area contributed by atoms with Crippen molar-refractivity contribution in [2.75, 3.05) is 14.7 Å². The van der Waals surface area contributed by atoms with Crippen LogP contribution in [0.1, 0.15) is 107 Å². The van der Waals surface area contributed by atoms with Gasteiger partial charge >= 0.3 is 0 Å². The van der Waals surface area contributed by atoms with E-state index in [0.29, 0.717) is 0 Å². The second-order valence-corrected chi connectivity index (χ2v) is 28.5. The van der Waals surface area contributed by atoms with E-state index in [9.17, 15) is 0 Å². The molecule has 2 aliphatic heterocycles. The standard InChI is InChI=1S/C79H75BN4S/c1-48-38-70-75-71(39-48)84(61-42-49(2)74(50(3)43-61)73-44-53-22-18-21-27-72(53)85-73)69-47-60(34-36-64(69)80(75)65-45-55(78(9,10)11)30-37-67(65)83(70)58-31-28-54(29-32-58)77(6,7)8)81(76-51(4)40-56(41-52(76)5)79(12,13)14)59-33-35-63-62-25-19-20-26-66(62)82(68(63)46-59)57-23-16-15-17-24-57/h15-47H,1-14H3. The maximum Gasteiger partial charge on any atom is 0.252 e. The lowest BCUT2D eigenvalue weighted by atomic mass is 9.33. The summed E-state index contributed by atoms with van der Waals surface area (Å²) in [4.78, 5) is 9.06. The summed E-state index contributed by atoms with van der Waals surface area (Å²) in [6, 6.07) is 76.9. The topological polar surface area (TPSA) is 14.7 Å². The van der Waals surface area contributed by atoms with Crippen LogP contribution >= 0.6 is 11.3 Å². The van der Waals surface area contributed by atoms with Gasteiger partial charge in [0, 0.05) is 71.5 Å². The van der Waals surface area contributed by atoms with Gasteiger partial charge in [-0.25, -0.2) is 0 Å². The monoisotopic (exact) mass is 1120 g/mol. The Morgan fingerprint density at radius 3 is 1.66 bits per heavy atom. The van der Waals surface area contributed by atoms with Gasteiger partial charge in [-0.15, -0.1) is 11.3 Å². The molecule has 0 amide bonds. The number of para-hydroxylation sites is 2. The number of benzene rings is 10. The zero-order chi connectivity index (χ0) is 59.2. The molecule has 0 saturated heterocycles. The van der Waals surface area contributed by atoms with E-state index in [2.05, 4.69) is 316 Å². The first-order valence-electron chi connectivity index (χ1n) is 30.3. The zero-order valence-electron chi connectivity index (χ0n) is 51.8. The highest BCUT2D eigenvalue weighted by molar-refractivity contribution is 7.22. The Morgan fingerprint density at radius 1 is 0.400 bits per heavy atom. The molecule has 14 rings (SSSR count). The van der Waals surface area contributed by atoms with Crippen molar-refractivity contribution in [1.29, 1.82) is 0 Å². The number of thiophene rings is 1. The molecule has 10 aromatic carbocycles. The van der Waals surface area contributed by atoms with Crippen molar-refractivity contribution in [1.82, 2.24) is 4.57 Å². The molecule has 0 fully saturated rings. The lowest BCUT2D eigenvalue weighted by molar-refractivity contribution is 0.589. The van der Waals surface area contributed by atoms with Crippen molar-refractivity contribution < 1.29 is 0 Å². The van der Waals surface area contributed by atoms with E-state index >= 15 is 0 Å². The molecule has 0 radical (unpaired) electrons. The van der Waals surface area contributed by atoms with Crippen LogP contribution in [0.25, 0.3) is 48.0 Å². The van der Waals surface area contributed by atoms with Crippen LogP contribution in [-0.4, -0.2) is 11.3 Å². The molecule has 2 aliphatic rings. The van der Waals surface area contributed by atoms with Gasteiger partial charge in [-0.2, -0.15) is 0 Å². The SMILES string of the molecule is Cc1cc2c3c(c1)N(c1cc(C)c(-c4cc5ccccc5s4)c(C)c1)c1cc(N(c4ccc5c6ccccc6n(-c6ccccc6)c5c4)c4c(C)cc(C(C)(C)C)cc4C)ccc1B3c1cc(C(C)(C)C)ccc1N2c1ccc(C(C)(C)C)cc1. The summed E-state index contributed by atoms with van der Waals surface area (Å²) < 4.78 is 3.76. The van der Waals surface area contributed by atoms with E-state index in [4.69, 9.17) is 0 Å². The van der Waals surface area contributed by atoms with Gasteiger partial charge in [0.25, 0.3) is 6.71 Å². The fraction of sp³-hybridized carbons (Fsp3) is 0.215. The molecule has 4 heterocycles. The number of hydrogen-bond donors (Lipinski definition) is 0. The van der Waals surface area contributed by atoms with Crippen molar-refractivity contribution in [3.63, 3.8) is 0 Å². The Hall–Kier alpha value is -8.58. The Bertz CT molecular complexity index is 4590. The van der Waals surface area contributed by atoms with Gasteiger partial charge in [0.15, 0.2) is 0 Å². The smallest absolute Gasteiger partial charge is 0.252 e. The zero-order valence-corrected chi connectivity index (χ0v) is 52.6. The fourth-order valence-corrected chi connectivity index (χ4v) is 15.3. The van der Waals surface area contributed by atoms with Crippen LogP contribution in [0.2, 0.25) is 0 Å². The predicted octanol–water partition coefficient (Wildman–Crippen LogP) is 20.7. The normalized spacial score (nSPS) is 13.2. The van der Waals surface area contributed by atoms with Gasteiger partial charge in [0.05, 0.1) is 16.7 Å². The Labute approximate surface area is 507 Å². The first kappa shape index (κ1) is 54.4. The van der Waals surface area contributed by atoms with Crippen LogP contribution in [0.4, 0.5) is 51.2 Å². The average Bonchev–Trinajstić information content (AvgIpc) is 1.31. The van der Waals surface area contributed by atoms with Crippen LogP contribution in [0.5, 0.6) is 0 Å². The fourth-order valence-electron chi connectivity index (χ4n) is 14.1. The van der Waals surface area contributed by atoms with Gasteiger partial charge in [-0.3, -0.25) is 0 Å². The van der Waals surface area contributed by atoms with Gasteiger partial charge in [0.2, 0.25) is 0 Å². The molecular weight excluding hydrogens is 1050 g/mol. The van der Waals surface area contributed by atoms with Crippen LogP contribution in [0.3, 0.4) is 0 Å². The first-order valence-corrected chi connectivity index (χ1v) is 31.2. The van der Waals surface area contributed by atoms with Crippen molar-refractivity contribution in [2.24, 2.45) is 0 Å². The lowest BCUT2D eigenvalue weighted by Gasteiger charge is -2.45. The molecule has 2 aromatic heterocycles. The molecule has 85 heavy (non-hydrogen) atoms. The molecule has 0 unspecified atom stereocenters. The molecule has 0 atom stereocenters. The molecule has 6 heteroatoms. The second kappa shape index (κ2) is 19.8. The van der Waals surface area contributed by atoms with Gasteiger partial charge < -0.3 is 19.3 Å². The highest BCUT2D eigenvalue weighted by Crippen LogP contribution is 2.50. The molecule has 0 aliphatic carbocycles. The summed E-state index contributed by atoms with van der Waals surface area (Å²) in [6.45, 7) is 32.4. The number of aromatic nitrogens is 1. The molecule has 420 valence electrons. The van der Waals surface area contributed by atoms with Crippen LogP contribution < -0.4 is 31.1 Å². The Kier molecular flexibility index (Phi) is 12.6. The number of anilines is 9. The first-order chi connectivity index (χ1) is 40.6. The summed E-state index contributed by atoms with van der Waals surface area (Å²) >= 11 is 1.89. The number of aryl methyl sites for hydroxylation is 5. The molecular formula is C79H75BN4S. The number of fused-ring (bicyclic) bond motifs is 8. The molecule has 0 spiro atoms. The van der Waals surface area contributed by atoms with Crippen molar-refractivity contribution in [3.8, 4) is 16.1 Å². The van der Waals surface area contributed by atoms with Gasteiger partial charge in [-0.05, 0) is 220 Å². The van der Waals surface area contributed by atoms with Crippen LogP contribution in [0, 0.1) is 34.6 Å². The van der Waals surface area contributed by atoms with Gasteiger partial charge in [-0.1, -0.05) is 165 Å². The average molecular weight is 1120 g/mol. The maximum atomic E-state index is 2.63. The quantitative estimate of drug-likeness (QED) is 0.148. The highest BCUT2D eigenvalue weighted by Gasteiger charge is 2.44. The number of rotatable bonds is 7. The highest BCUT2D eigenvalue weighted by atomic mass is 32.1. The van der Waals surface area contributed by atoms with Crippen molar-refractivity contribution in [3.05, 3.63) is 245 Å². The summed E-state index contributed by atoms with van der Waals surface area (Å²) in [5.74, 6) is 0. The third-order valence-electron chi connectivity index (χ3n) is 18.3.